The molecule has 20 heavy (non-hydrogen) atoms. The highest BCUT2D eigenvalue weighted by atomic mass is 16.5. The zero-order chi connectivity index (χ0) is 14.1. The average molecular weight is 266 g/mol. The minimum Gasteiger partial charge on any atom is -0.365 e. The Morgan fingerprint density at radius 1 is 1.15 bits per heavy atom. The molecule has 1 unspecified atom stereocenters. The van der Waals surface area contributed by atoms with E-state index in [1.807, 2.05) is 50.2 Å². The van der Waals surface area contributed by atoms with E-state index in [0.29, 0.717) is 6.61 Å². The Morgan fingerprint density at radius 3 is 2.75 bits per heavy atom. The van der Waals surface area contributed by atoms with Gasteiger partial charge < -0.3 is 4.74 Å². The molecule has 2 aromatic rings. The van der Waals surface area contributed by atoms with E-state index in [1.165, 1.54) is 11.1 Å². The first kappa shape index (κ1) is 13.1. The van der Waals surface area contributed by atoms with Crippen LogP contribution in [-0.2, 0) is 11.2 Å². The van der Waals surface area contributed by atoms with Crippen molar-refractivity contribution < 1.29 is 9.53 Å². The maximum atomic E-state index is 12.8. The van der Waals surface area contributed by atoms with Crippen LogP contribution in [0.25, 0.3) is 0 Å². The molecule has 3 rings (SSSR count). The second-order valence-electron chi connectivity index (χ2n) is 5.38. The van der Waals surface area contributed by atoms with Crippen molar-refractivity contribution in [3.05, 3.63) is 70.3 Å². The van der Waals surface area contributed by atoms with Gasteiger partial charge in [0.15, 0.2) is 5.78 Å². The highest BCUT2D eigenvalue weighted by molar-refractivity contribution is 6.01. The van der Waals surface area contributed by atoms with Gasteiger partial charge in [0.1, 0.15) is 6.10 Å². The summed E-state index contributed by atoms with van der Waals surface area (Å²) in [6.45, 7) is 4.63. The topological polar surface area (TPSA) is 26.3 Å². The van der Waals surface area contributed by atoms with E-state index in [0.717, 1.165) is 23.1 Å². The molecule has 1 aliphatic rings. The summed E-state index contributed by atoms with van der Waals surface area (Å²) < 4.78 is 5.76. The lowest BCUT2D eigenvalue weighted by Crippen LogP contribution is -2.24. The molecule has 1 heterocycles. The largest absolute Gasteiger partial charge is 0.365 e. The van der Waals surface area contributed by atoms with Gasteiger partial charge in [-0.3, -0.25) is 4.79 Å². The van der Waals surface area contributed by atoms with Crippen LogP contribution in [0.15, 0.2) is 42.5 Å². The molecule has 1 atom stereocenters. The molecule has 0 fully saturated rings. The molecule has 0 aliphatic carbocycles. The number of rotatable bonds is 2. The van der Waals surface area contributed by atoms with Crippen LogP contribution in [0, 0.1) is 13.8 Å². The van der Waals surface area contributed by atoms with Gasteiger partial charge in [0.25, 0.3) is 0 Å². The summed E-state index contributed by atoms with van der Waals surface area (Å²) in [6, 6.07) is 14.0. The van der Waals surface area contributed by atoms with Crippen LogP contribution < -0.4 is 0 Å². The van der Waals surface area contributed by atoms with Gasteiger partial charge in [0, 0.05) is 5.56 Å². The Labute approximate surface area is 119 Å². The van der Waals surface area contributed by atoms with E-state index < -0.39 is 6.10 Å². The normalized spacial score (nSPS) is 17.6. The summed E-state index contributed by atoms with van der Waals surface area (Å²) in [5.74, 6) is 0.0645. The molecule has 0 saturated heterocycles. The molecule has 0 radical (unpaired) electrons. The van der Waals surface area contributed by atoms with Crippen LogP contribution in [0.1, 0.15) is 38.7 Å². The molecule has 0 N–H and O–H groups in total. The molecule has 2 heteroatoms. The number of benzene rings is 2. The maximum Gasteiger partial charge on any atom is 0.196 e. The van der Waals surface area contributed by atoms with Crippen molar-refractivity contribution in [2.45, 2.75) is 26.4 Å². The van der Waals surface area contributed by atoms with E-state index in [4.69, 9.17) is 4.74 Å². The summed E-state index contributed by atoms with van der Waals surface area (Å²) in [5, 5.41) is 0. The van der Waals surface area contributed by atoms with E-state index in [9.17, 15) is 4.79 Å². The predicted molar refractivity (Wildman–Crippen MR) is 79.1 cm³/mol. The van der Waals surface area contributed by atoms with Crippen LogP contribution in [-0.4, -0.2) is 12.4 Å². The number of carbonyl (C=O) groups is 1. The van der Waals surface area contributed by atoms with Gasteiger partial charge in [-0.2, -0.15) is 0 Å². The van der Waals surface area contributed by atoms with E-state index in [1.54, 1.807) is 0 Å². The Bertz CT molecular complexity index is 658. The molecule has 2 aromatic carbocycles. The minimum atomic E-state index is -0.457. The summed E-state index contributed by atoms with van der Waals surface area (Å²) in [7, 11) is 0. The number of Topliss-reactive ketones (excluding diaryl/α,β-unsaturated/α-hetero) is 1. The molecule has 0 amide bonds. The summed E-state index contributed by atoms with van der Waals surface area (Å²) in [5.41, 5.74) is 5.19. The van der Waals surface area contributed by atoms with Gasteiger partial charge in [-0.25, -0.2) is 0 Å². The van der Waals surface area contributed by atoms with E-state index in [2.05, 4.69) is 6.07 Å². The Balaban J connectivity index is 2.00. The van der Waals surface area contributed by atoms with Crippen molar-refractivity contribution in [1.82, 2.24) is 0 Å². The van der Waals surface area contributed by atoms with Crippen molar-refractivity contribution in [3.63, 3.8) is 0 Å². The smallest absolute Gasteiger partial charge is 0.196 e. The lowest BCUT2D eigenvalue weighted by Gasteiger charge is -2.25. The van der Waals surface area contributed by atoms with Crippen molar-refractivity contribution in [1.29, 1.82) is 0 Å². The lowest BCUT2D eigenvalue weighted by atomic mass is 9.91. The van der Waals surface area contributed by atoms with Crippen molar-refractivity contribution in [2.75, 3.05) is 6.61 Å². The third-order valence-corrected chi connectivity index (χ3v) is 3.88. The number of aryl methyl sites for hydroxylation is 2. The highest BCUT2D eigenvalue weighted by Crippen LogP contribution is 2.30. The number of ether oxygens (including phenoxy) is 1. The van der Waals surface area contributed by atoms with Crippen LogP contribution in [0.2, 0.25) is 0 Å². The van der Waals surface area contributed by atoms with Gasteiger partial charge in [0.05, 0.1) is 6.61 Å². The fourth-order valence-corrected chi connectivity index (χ4v) is 2.84. The Hall–Kier alpha value is -1.93. The SMILES string of the molecule is Cc1ccc(C(=O)C2OCCc3ccccc32)c(C)c1. The zero-order valence-electron chi connectivity index (χ0n) is 11.8. The molecule has 2 nitrogen and oxygen atoms in total. The predicted octanol–water partition coefficient (Wildman–Crippen LogP) is 3.80. The standard InChI is InChI=1S/C18H18O2/c1-12-7-8-15(13(2)11-12)17(19)18-16-6-4-3-5-14(16)9-10-20-18/h3-8,11,18H,9-10H2,1-2H3. The molecule has 0 spiro atoms. The first-order chi connectivity index (χ1) is 9.66. The zero-order valence-corrected chi connectivity index (χ0v) is 11.8. The van der Waals surface area contributed by atoms with Crippen LogP contribution in [0.3, 0.4) is 0 Å². The van der Waals surface area contributed by atoms with Crippen molar-refractivity contribution in [3.8, 4) is 0 Å². The summed E-state index contributed by atoms with van der Waals surface area (Å²) >= 11 is 0. The van der Waals surface area contributed by atoms with Gasteiger partial charge in [-0.1, -0.05) is 48.0 Å². The third kappa shape index (κ3) is 2.27. The van der Waals surface area contributed by atoms with Gasteiger partial charge in [-0.15, -0.1) is 0 Å². The first-order valence-electron chi connectivity index (χ1n) is 6.97. The highest BCUT2D eigenvalue weighted by Gasteiger charge is 2.28. The molecular weight excluding hydrogens is 248 g/mol. The monoisotopic (exact) mass is 266 g/mol. The second-order valence-corrected chi connectivity index (χ2v) is 5.38. The Kier molecular flexibility index (Phi) is 3.41. The minimum absolute atomic E-state index is 0.0645. The van der Waals surface area contributed by atoms with E-state index >= 15 is 0 Å². The fraction of sp³-hybridized carbons (Fsp3) is 0.278. The lowest BCUT2D eigenvalue weighted by molar-refractivity contribution is 0.0348. The fourth-order valence-electron chi connectivity index (χ4n) is 2.84. The number of ketones is 1. The Morgan fingerprint density at radius 2 is 1.95 bits per heavy atom. The van der Waals surface area contributed by atoms with Crippen LogP contribution >= 0.6 is 0 Å². The molecular formula is C18H18O2. The number of carbonyl (C=O) groups excluding carboxylic acids is 1. The van der Waals surface area contributed by atoms with Crippen molar-refractivity contribution in [2.24, 2.45) is 0 Å². The molecule has 0 saturated carbocycles. The number of hydrogen-bond donors (Lipinski definition) is 0. The van der Waals surface area contributed by atoms with Crippen LogP contribution in [0.4, 0.5) is 0 Å². The first-order valence-corrected chi connectivity index (χ1v) is 6.97. The molecule has 0 aromatic heterocycles. The molecule has 102 valence electrons. The number of fused-ring (bicyclic) bond motifs is 1. The molecule has 0 bridgehead atoms. The second kappa shape index (κ2) is 5.22. The van der Waals surface area contributed by atoms with Gasteiger partial charge in [0.2, 0.25) is 0 Å². The van der Waals surface area contributed by atoms with Crippen molar-refractivity contribution >= 4 is 5.78 Å². The van der Waals surface area contributed by atoms with Gasteiger partial charge >= 0.3 is 0 Å². The van der Waals surface area contributed by atoms with Gasteiger partial charge in [-0.05, 0) is 37.0 Å². The van der Waals surface area contributed by atoms with Crippen LogP contribution in [0.5, 0.6) is 0 Å². The number of hydrogen-bond acceptors (Lipinski definition) is 2. The summed E-state index contributed by atoms with van der Waals surface area (Å²) in [6.07, 6.45) is 0.425. The average Bonchev–Trinajstić information content (AvgIpc) is 2.46. The molecule has 1 aliphatic heterocycles. The maximum absolute atomic E-state index is 12.8. The third-order valence-electron chi connectivity index (χ3n) is 3.88. The van der Waals surface area contributed by atoms with E-state index in [-0.39, 0.29) is 5.78 Å². The summed E-state index contributed by atoms with van der Waals surface area (Å²) in [4.78, 5) is 12.8. The quantitative estimate of drug-likeness (QED) is 0.773.